The van der Waals surface area contributed by atoms with Gasteiger partial charge in [-0.1, -0.05) is 6.07 Å². The SMILES string of the molecule is CC(CNC(=O)Nc1cccc(F)c1C(=O)O)S(C)=O. The molecule has 8 heteroatoms. The Bertz CT molecular complexity index is 550. The highest BCUT2D eigenvalue weighted by molar-refractivity contribution is 7.84. The minimum atomic E-state index is -1.47. The summed E-state index contributed by atoms with van der Waals surface area (Å²) >= 11 is 0. The minimum Gasteiger partial charge on any atom is -0.478 e. The van der Waals surface area contributed by atoms with Crippen molar-refractivity contribution in [3.05, 3.63) is 29.6 Å². The van der Waals surface area contributed by atoms with Gasteiger partial charge in [0, 0.05) is 28.9 Å². The van der Waals surface area contributed by atoms with Crippen LogP contribution in [0.1, 0.15) is 17.3 Å². The molecule has 0 bridgehead atoms. The molecular formula is C12H15FN2O4S. The number of nitrogens with one attached hydrogen (secondary N) is 2. The predicted octanol–water partition coefficient (Wildman–Crippen LogP) is 1.41. The van der Waals surface area contributed by atoms with Gasteiger partial charge in [-0.25, -0.2) is 14.0 Å². The molecule has 1 rings (SSSR count). The van der Waals surface area contributed by atoms with Gasteiger partial charge in [0.15, 0.2) is 0 Å². The third kappa shape index (κ3) is 4.30. The zero-order chi connectivity index (χ0) is 15.3. The topological polar surface area (TPSA) is 95.5 Å². The van der Waals surface area contributed by atoms with Crippen LogP contribution >= 0.6 is 0 Å². The van der Waals surface area contributed by atoms with Crippen molar-refractivity contribution < 1.29 is 23.3 Å². The van der Waals surface area contributed by atoms with Gasteiger partial charge in [0.1, 0.15) is 11.4 Å². The fourth-order valence-electron chi connectivity index (χ4n) is 1.37. The number of carboxylic acids is 1. The number of carboxylic acid groups (broad SMARTS) is 1. The van der Waals surface area contributed by atoms with Crippen LogP contribution in [0, 0.1) is 5.82 Å². The van der Waals surface area contributed by atoms with E-state index in [-0.39, 0.29) is 17.5 Å². The third-order valence-corrected chi connectivity index (χ3v) is 3.89. The molecule has 6 nitrogen and oxygen atoms in total. The lowest BCUT2D eigenvalue weighted by molar-refractivity contribution is 0.0693. The van der Waals surface area contributed by atoms with Gasteiger partial charge in [0.25, 0.3) is 0 Å². The van der Waals surface area contributed by atoms with Crippen LogP contribution in [-0.2, 0) is 10.8 Å². The van der Waals surface area contributed by atoms with E-state index in [0.717, 1.165) is 6.07 Å². The van der Waals surface area contributed by atoms with Crippen molar-refractivity contribution in [1.82, 2.24) is 5.32 Å². The maximum Gasteiger partial charge on any atom is 0.340 e. The van der Waals surface area contributed by atoms with Gasteiger partial charge in [0.2, 0.25) is 0 Å². The lowest BCUT2D eigenvalue weighted by atomic mass is 10.1. The largest absolute Gasteiger partial charge is 0.478 e. The van der Waals surface area contributed by atoms with Crippen molar-refractivity contribution in [1.29, 1.82) is 0 Å². The van der Waals surface area contributed by atoms with Gasteiger partial charge < -0.3 is 15.7 Å². The highest BCUT2D eigenvalue weighted by atomic mass is 32.2. The number of rotatable bonds is 5. The summed E-state index contributed by atoms with van der Waals surface area (Å²) in [5.74, 6) is -2.40. The van der Waals surface area contributed by atoms with Crippen molar-refractivity contribution in [3.8, 4) is 0 Å². The minimum absolute atomic E-state index is 0.139. The molecule has 0 spiro atoms. The van der Waals surface area contributed by atoms with Crippen molar-refractivity contribution in [3.63, 3.8) is 0 Å². The van der Waals surface area contributed by atoms with E-state index >= 15 is 0 Å². The van der Waals surface area contributed by atoms with E-state index in [2.05, 4.69) is 10.6 Å². The molecule has 0 aromatic heterocycles. The van der Waals surface area contributed by atoms with Crippen LogP contribution < -0.4 is 10.6 Å². The highest BCUT2D eigenvalue weighted by Gasteiger charge is 2.17. The summed E-state index contributed by atoms with van der Waals surface area (Å²) in [5, 5.41) is 13.4. The number of halogens is 1. The Labute approximate surface area is 117 Å². The van der Waals surface area contributed by atoms with Gasteiger partial charge in [-0.3, -0.25) is 4.21 Å². The average Bonchev–Trinajstić information content (AvgIpc) is 2.35. The molecule has 0 saturated carbocycles. The first-order valence-electron chi connectivity index (χ1n) is 5.71. The molecule has 0 fully saturated rings. The summed E-state index contributed by atoms with van der Waals surface area (Å²) in [4.78, 5) is 22.5. The van der Waals surface area contributed by atoms with Crippen LogP contribution in [0.2, 0.25) is 0 Å². The van der Waals surface area contributed by atoms with Crippen molar-refractivity contribution >= 4 is 28.5 Å². The number of amides is 2. The number of aromatic carboxylic acids is 1. The first-order chi connectivity index (χ1) is 9.32. The van der Waals surface area contributed by atoms with Crippen molar-refractivity contribution in [2.24, 2.45) is 0 Å². The Kier molecular flexibility index (Phi) is 5.63. The van der Waals surface area contributed by atoms with Gasteiger partial charge in [0.05, 0.1) is 5.69 Å². The number of urea groups is 1. The summed E-state index contributed by atoms with van der Waals surface area (Å²) in [6.45, 7) is 1.86. The molecule has 2 amide bonds. The molecular weight excluding hydrogens is 287 g/mol. The molecule has 2 unspecified atom stereocenters. The Balaban J connectivity index is 2.74. The second kappa shape index (κ2) is 6.99. The second-order valence-electron chi connectivity index (χ2n) is 4.11. The molecule has 0 aliphatic rings. The Morgan fingerprint density at radius 3 is 2.65 bits per heavy atom. The zero-order valence-electron chi connectivity index (χ0n) is 11.0. The monoisotopic (exact) mass is 302 g/mol. The summed E-state index contributed by atoms with van der Waals surface area (Å²) in [6, 6.07) is 2.89. The van der Waals surface area contributed by atoms with Gasteiger partial charge in [-0.05, 0) is 19.1 Å². The van der Waals surface area contributed by atoms with Crippen LogP contribution in [-0.4, -0.2) is 39.4 Å². The third-order valence-electron chi connectivity index (χ3n) is 2.59. The normalized spacial score (nSPS) is 13.3. The Morgan fingerprint density at radius 1 is 1.45 bits per heavy atom. The quantitative estimate of drug-likeness (QED) is 0.766. The molecule has 3 N–H and O–H groups in total. The number of carbonyl (C=O) groups excluding carboxylic acids is 1. The summed E-state index contributed by atoms with van der Waals surface area (Å²) in [5.41, 5.74) is -0.741. The summed E-state index contributed by atoms with van der Waals surface area (Å²) in [7, 11) is -1.09. The first-order valence-corrected chi connectivity index (χ1v) is 7.34. The summed E-state index contributed by atoms with van der Waals surface area (Å²) in [6.07, 6.45) is 1.51. The van der Waals surface area contributed by atoms with E-state index < -0.39 is 34.2 Å². The molecule has 20 heavy (non-hydrogen) atoms. The Morgan fingerprint density at radius 2 is 2.10 bits per heavy atom. The predicted molar refractivity (Wildman–Crippen MR) is 73.9 cm³/mol. The van der Waals surface area contributed by atoms with E-state index in [1.54, 1.807) is 6.92 Å². The molecule has 1 aromatic rings. The van der Waals surface area contributed by atoms with Crippen molar-refractivity contribution in [2.45, 2.75) is 12.2 Å². The number of benzene rings is 1. The summed E-state index contributed by atoms with van der Waals surface area (Å²) < 4.78 is 24.5. The zero-order valence-corrected chi connectivity index (χ0v) is 11.8. The lowest BCUT2D eigenvalue weighted by Crippen LogP contribution is -2.36. The number of hydrogen-bond donors (Lipinski definition) is 3. The molecule has 0 saturated heterocycles. The van der Waals surface area contributed by atoms with Crippen LogP contribution in [0.25, 0.3) is 0 Å². The Hall–Kier alpha value is -1.96. The number of hydrogen-bond acceptors (Lipinski definition) is 3. The van der Waals surface area contributed by atoms with Crippen LogP contribution in [0.4, 0.5) is 14.9 Å². The fourth-order valence-corrected chi connectivity index (χ4v) is 1.68. The van der Waals surface area contributed by atoms with E-state index in [1.807, 2.05) is 0 Å². The maximum absolute atomic E-state index is 13.4. The van der Waals surface area contributed by atoms with Crippen LogP contribution in [0.5, 0.6) is 0 Å². The van der Waals surface area contributed by atoms with Gasteiger partial charge in [-0.15, -0.1) is 0 Å². The smallest absolute Gasteiger partial charge is 0.340 e. The average molecular weight is 302 g/mol. The van der Waals surface area contributed by atoms with Gasteiger partial charge >= 0.3 is 12.0 Å². The molecule has 110 valence electrons. The molecule has 0 aliphatic heterocycles. The van der Waals surface area contributed by atoms with E-state index in [9.17, 15) is 18.2 Å². The van der Waals surface area contributed by atoms with Gasteiger partial charge in [-0.2, -0.15) is 0 Å². The molecule has 2 atom stereocenters. The standard InChI is InChI=1S/C12H15FN2O4S/c1-7(20(2)19)6-14-12(18)15-9-5-3-4-8(13)10(9)11(16)17/h3-5,7H,6H2,1-2H3,(H,16,17)(H2,14,15,18). The molecule has 0 heterocycles. The van der Waals surface area contributed by atoms with Crippen LogP contribution in [0.3, 0.4) is 0 Å². The first kappa shape index (κ1) is 16.1. The highest BCUT2D eigenvalue weighted by Crippen LogP contribution is 2.18. The lowest BCUT2D eigenvalue weighted by Gasteiger charge is -2.12. The fraction of sp³-hybridized carbons (Fsp3) is 0.333. The molecule has 0 radical (unpaired) electrons. The van der Waals surface area contributed by atoms with E-state index in [1.165, 1.54) is 18.4 Å². The van der Waals surface area contributed by atoms with E-state index in [4.69, 9.17) is 5.11 Å². The van der Waals surface area contributed by atoms with Crippen LogP contribution in [0.15, 0.2) is 18.2 Å². The second-order valence-corrected chi connectivity index (χ2v) is 5.91. The van der Waals surface area contributed by atoms with Crippen molar-refractivity contribution in [2.75, 3.05) is 18.1 Å². The number of anilines is 1. The molecule has 0 aliphatic carbocycles. The maximum atomic E-state index is 13.4. The van der Waals surface area contributed by atoms with E-state index in [0.29, 0.717) is 0 Å². The molecule has 1 aromatic carbocycles. The number of carbonyl (C=O) groups is 2.